The van der Waals surface area contributed by atoms with Gasteiger partial charge >= 0.3 is 5.97 Å². The monoisotopic (exact) mass is 187 g/mol. The molecule has 0 atom stereocenters. The number of methoxy groups -OCH3 is 1. The van der Waals surface area contributed by atoms with E-state index in [0.29, 0.717) is 19.6 Å². The molecule has 0 bridgehead atoms. The molecule has 1 N–H and O–H groups in total. The van der Waals surface area contributed by atoms with Crippen molar-refractivity contribution in [1.82, 2.24) is 0 Å². The van der Waals surface area contributed by atoms with E-state index in [-0.39, 0.29) is 0 Å². The van der Waals surface area contributed by atoms with Gasteiger partial charge in [-0.1, -0.05) is 6.08 Å². The van der Waals surface area contributed by atoms with Crippen molar-refractivity contribution in [3.63, 3.8) is 0 Å². The van der Waals surface area contributed by atoms with Crippen molar-refractivity contribution >= 4 is 12.2 Å². The summed E-state index contributed by atoms with van der Waals surface area (Å²) in [6.07, 6.45) is 4.73. The van der Waals surface area contributed by atoms with Crippen LogP contribution in [0.15, 0.2) is 17.3 Å². The third kappa shape index (κ3) is 8.55. The lowest BCUT2D eigenvalue weighted by Gasteiger charge is -1.95. The largest absolute Gasteiger partial charge is 0.466 e. The predicted octanol–water partition coefficient (Wildman–Crippen LogP) is 0.582. The first-order chi connectivity index (χ1) is 6.31. The number of nitrogens with zero attached hydrogens (tertiary/aromatic N) is 1. The van der Waals surface area contributed by atoms with E-state index < -0.39 is 5.97 Å². The summed E-state index contributed by atoms with van der Waals surface area (Å²) in [7, 11) is 1.31. The van der Waals surface area contributed by atoms with E-state index in [1.54, 1.807) is 6.08 Å². The molecule has 0 saturated heterocycles. The van der Waals surface area contributed by atoms with Gasteiger partial charge in [-0.25, -0.2) is 4.79 Å². The molecular formula is C8H13NO4. The van der Waals surface area contributed by atoms with Crippen molar-refractivity contribution in [2.75, 3.05) is 20.3 Å². The number of carbonyl (C=O) groups is 1. The van der Waals surface area contributed by atoms with Crippen molar-refractivity contribution in [3.8, 4) is 0 Å². The first-order valence-corrected chi connectivity index (χ1v) is 3.79. The van der Waals surface area contributed by atoms with Crippen LogP contribution in [0, 0.1) is 0 Å². The Morgan fingerprint density at radius 2 is 2.38 bits per heavy atom. The Labute approximate surface area is 76.6 Å². The minimum Gasteiger partial charge on any atom is -0.466 e. The Hall–Kier alpha value is -1.36. The SMILES string of the molecule is COC(=O)/C=C/COCC/C=N/O. The van der Waals surface area contributed by atoms with Crippen molar-refractivity contribution in [2.24, 2.45) is 5.16 Å². The molecule has 5 nitrogen and oxygen atoms in total. The summed E-state index contributed by atoms with van der Waals surface area (Å²) in [5.74, 6) is -0.402. The van der Waals surface area contributed by atoms with Gasteiger partial charge in [0.2, 0.25) is 0 Å². The van der Waals surface area contributed by atoms with Gasteiger partial charge in [-0.3, -0.25) is 0 Å². The van der Waals surface area contributed by atoms with Gasteiger partial charge in [0, 0.05) is 18.7 Å². The number of esters is 1. The van der Waals surface area contributed by atoms with Crippen molar-refractivity contribution in [1.29, 1.82) is 0 Å². The van der Waals surface area contributed by atoms with Gasteiger partial charge in [0.1, 0.15) is 0 Å². The molecule has 0 heterocycles. The van der Waals surface area contributed by atoms with Crippen LogP contribution in [0.2, 0.25) is 0 Å². The zero-order valence-electron chi connectivity index (χ0n) is 7.47. The Kier molecular flexibility index (Phi) is 7.82. The van der Waals surface area contributed by atoms with Crippen LogP contribution in [0.25, 0.3) is 0 Å². The number of hydrogen-bond acceptors (Lipinski definition) is 5. The third-order valence-corrected chi connectivity index (χ3v) is 1.14. The van der Waals surface area contributed by atoms with Gasteiger partial charge in [0.05, 0.1) is 20.3 Å². The minimum atomic E-state index is -0.402. The molecule has 0 fully saturated rings. The molecule has 0 radical (unpaired) electrons. The summed E-state index contributed by atoms with van der Waals surface area (Å²) < 4.78 is 9.39. The molecule has 0 aromatic carbocycles. The van der Waals surface area contributed by atoms with E-state index in [9.17, 15) is 4.79 Å². The van der Waals surface area contributed by atoms with Gasteiger partial charge in [-0.05, 0) is 0 Å². The summed E-state index contributed by atoms with van der Waals surface area (Å²) in [6.45, 7) is 0.796. The van der Waals surface area contributed by atoms with E-state index in [4.69, 9.17) is 9.94 Å². The lowest BCUT2D eigenvalue weighted by atomic mass is 10.5. The number of carbonyl (C=O) groups excluding carboxylic acids is 1. The molecule has 0 rings (SSSR count). The number of oxime groups is 1. The van der Waals surface area contributed by atoms with Crippen molar-refractivity contribution in [2.45, 2.75) is 6.42 Å². The van der Waals surface area contributed by atoms with Gasteiger partial charge in [0.25, 0.3) is 0 Å². The second-order valence-electron chi connectivity index (χ2n) is 2.09. The summed E-state index contributed by atoms with van der Waals surface area (Å²) in [5.41, 5.74) is 0. The molecule has 5 heteroatoms. The second-order valence-corrected chi connectivity index (χ2v) is 2.09. The normalized spacial score (nSPS) is 11.2. The molecule has 0 spiro atoms. The summed E-state index contributed by atoms with van der Waals surface area (Å²) >= 11 is 0. The summed E-state index contributed by atoms with van der Waals surface area (Å²) in [6, 6.07) is 0. The number of hydrogen-bond donors (Lipinski definition) is 1. The first kappa shape index (κ1) is 11.6. The zero-order valence-corrected chi connectivity index (χ0v) is 7.47. The standard InChI is InChI=1S/C8H13NO4/c1-12-8(10)4-2-6-13-7-3-5-9-11/h2,4-5,11H,3,6-7H2,1H3/b4-2+,9-5+. The van der Waals surface area contributed by atoms with Crippen LogP contribution in [0.5, 0.6) is 0 Å². The maximum atomic E-state index is 10.5. The van der Waals surface area contributed by atoms with E-state index in [1.807, 2.05) is 0 Å². The highest BCUT2D eigenvalue weighted by Crippen LogP contribution is 1.83. The second kappa shape index (κ2) is 8.73. The molecule has 0 amide bonds. The van der Waals surface area contributed by atoms with Crippen LogP contribution >= 0.6 is 0 Å². The van der Waals surface area contributed by atoms with E-state index in [2.05, 4.69) is 9.89 Å². The Bertz CT molecular complexity index is 189. The smallest absolute Gasteiger partial charge is 0.330 e. The predicted molar refractivity (Wildman–Crippen MR) is 46.9 cm³/mol. The molecule has 0 saturated carbocycles. The van der Waals surface area contributed by atoms with Crippen LogP contribution in [0.3, 0.4) is 0 Å². The number of rotatable bonds is 6. The fraction of sp³-hybridized carbons (Fsp3) is 0.500. The molecule has 0 unspecified atom stereocenters. The van der Waals surface area contributed by atoms with Gasteiger partial charge < -0.3 is 14.7 Å². The third-order valence-electron chi connectivity index (χ3n) is 1.14. The average Bonchev–Trinajstić information content (AvgIpc) is 2.16. The molecule has 0 aromatic heterocycles. The minimum absolute atomic E-state index is 0.342. The lowest BCUT2D eigenvalue weighted by Crippen LogP contribution is -1.97. The van der Waals surface area contributed by atoms with E-state index in [0.717, 1.165) is 0 Å². The van der Waals surface area contributed by atoms with Crippen molar-refractivity contribution in [3.05, 3.63) is 12.2 Å². The zero-order chi connectivity index (χ0) is 9.94. The van der Waals surface area contributed by atoms with Crippen molar-refractivity contribution < 1.29 is 19.5 Å². The molecule has 74 valence electrons. The van der Waals surface area contributed by atoms with Gasteiger partial charge in [0.15, 0.2) is 0 Å². The van der Waals surface area contributed by atoms with Gasteiger partial charge in [-0.2, -0.15) is 0 Å². The average molecular weight is 187 g/mol. The Morgan fingerprint density at radius 3 is 3.00 bits per heavy atom. The molecular weight excluding hydrogens is 174 g/mol. The molecule has 0 aliphatic heterocycles. The molecule has 0 aliphatic carbocycles. The lowest BCUT2D eigenvalue weighted by molar-refractivity contribution is -0.134. The highest BCUT2D eigenvalue weighted by atomic mass is 16.5. The quantitative estimate of drug-likeness (QED) is 0.165. The molecule has 0 aliphatic rings. The van der Waals surface area contributed by atoms with Crippen LogP contribution in [-0.2, 0) is 14.3 Å². The summed E-state index contributed by atoms with van der Waals surface area (Å²) in [4.78, 5) is 10.5. The highest BCUT2D eigenvalue weighted by Gasteiger charge is 1.89. The van der Waals surface area contributed by atoms with E-state index in [1.165, 1.54) is 19.4 Å². The summed E-state index contributed by atoms with van der Waals surface area (Å²) in [5, 5.41) is 10.8. The number of ether oxygens (including phenoxy) is 2. The first-order valence-electron chi connectivity index (χ1n) is 3.79. The Balaban J connectivity index is 3.25. The highest BCUT2D eigenvalue weighted by molar-refractivity contribution is 5.81. The van der Waals surface area contributed by atoms with Crippen LogP contribution in [0.4, 0.5) is 0 Å². The molecule has 0 aromatic rings. The fourth-order valence-corrected chi connectivity index (χ4v) is 0.558. The maximum absolute atomic E-state index is 10.5. The van der Waals surface area contributed by atoms with Crippen LogP contribution in [0.1, 0.15) is 6.42 Å². The Morgan fingerprint density at radius 1 is 1.62 bits per heavy atom. The topological polar surface area (TPSA) is 68.1 Å². The van der Waals surface area contributed by atoms with Gasteiger partial charge in [-0.15, -0.1) is 5.16 Å². The maximum Gasteiger partial charge on any atom is 0.330 e. The van der Waals surface area contributed by atoms with E-state index >= 15 is 0 Å². The van der Waals surface area contributed by atoms with Crippen LogP contribution < -0.4 is 0 Å². The van der Waals surface area contributed by atoms with Crippen LogP contribution in [-0.4, -0.2) is 37.7 Å². The fourth-order valence-electron chi connectivity index (χ4n) is 0.558. The molecule has 13 heavy (non-hydrogen) atoms.